The molecule has 2 aliphatic rings. The highest BCUT2D eigenvalue weighted by Gasteiger charge is 2.45. The summed E-state index contributed by atoms with van der Waals surface area (Å²) in [5, 5.41) is 11.1. The number of carbonyl (C=O) groups excluding carboxylic acids is 2. The second-order valence-corrected chi connectivity index (χ2v) is 14.2. The SMILES string of the molecule is C.CCOc1cc(C(C)(C)C#N)ccc1C1=N[C@@H](c2ccc(Cl)cc2)[C@@H](c2ccc(Cl)cc2)N1C(=O)N1CCN(CC(=O)N(C)C(C)C)CC1. The monoisotopic (exact) mass is 718 g/mol. The van der Waals surface area contributed by atoms with Crippen molar-refractivity contribution in [2.45, 2.75) is 65.6 Å². The van der Waals surface area contributed by atoms with Crippen LogP contribution in [0.1, 0.15) is 76.4 Å². The van der Waals surface area contributed by atoms with Crippen molar-refractivity contribution < 1.29 is 14.3 Å². The van der Waals surface area contributed by atoms with E-state index in [2.05, 4.69) is 11.0 Å². The van der Waals surface area contributed by atoms with Crippen molar-refractivity contribution in [1.29, 1.82) is 5.26 Å². The molecule has 0 radical (unpaired) electrons. The highest BCUT2D eigenvalue weighted by Crippen LogP contribution is 2.46. The Hall–Kier alpha value is -4.10. The number of amidine groups is 1. The third-order valence-electron chi connectivity index (χ3n) is 9.39. The third kappa shape index (κ3) is 8.26. The standard InChI is InChI=1S/C38H44Cl2N6O3.CH4/c1-7-49-32-22-28(38(4,5)24-41)12-17-31(32)36-42-34(26-8-13-29(39)14-9-26)35(27-10-15-30(40)16-11-27)46(36)37(48)45-20-18-44(19-21-45)23-33(47)43(6)25(2)3;/h8-17,22,25,34-35H,7,18-21,23H2,1-6H3;1H4/t34-,35+;/m0./s1. The van der Waals surface area contributed by atoms with Gasteiger partial charge in [-0.1, -0.05) is 61.0 Å². The van der Waals surface area contributed by atoms with E-state index in [4.69, 9.17) is 32.9 Å². The van der Waals surface area contributed by atoms with Crippen LogP contribution in [0.4, 0.5) is 4.79 Å². The minimum atomic E-state index is -0.750. The van der Waals surface area contributed by atoms with Crippen LogP contribution < -0.4 is 4.74 Å². The number of piperazine rings is 1. The number of ether oxygens (including phenoxy) is 1. The predicted molar refractivity (Wildman–Crippen MR) is 201 cm³/mol. The molecule has 0 N–H and O–H groups in total. The molecule has 2 atom stereocenters. The number of urea groups is 1. The molecular weight excluding hydrogens is 671 g/mol. The van der Waals surface area contributed by atoms with Gasteiger partial charge in [0.1, 0.15) is 17.6 Å². The molecule has 11 heteroatoms. The van der Waals surface area contributed by atoms with Crippen LogP contribution in [0.15, 0.2) is 71.7 Å². The molecule has 5 rings (SSSR count). The first kappa shape index (κ1) is 38.7. The molecule has 0 bridgehead atoms. The number of hydrogen-bond donors (Lipinski definition) is 0. The van der Waals surface area contributed by atoms with Crippen LogP contribution in [0.25, 0.3) is 0 Å². The first-order valence-corrected chi connectivity index (χ1v) is 17.4. The number of benzene rings is 3. The molecule has 0 aromatic heterocycles. The second kappa shape index (κ2) is 16.3. The summed E-state index contributed by atoms with van der Waals surface area (Å²) < 4.78 is 6.18. The van der Waals surface area contributed by atoms with Crippen molar-refractivity contribution >= 4 is 41.0 Å². The molecule has 2 aliphatic heterocycles. The Labute approximate surface area is 307 Å². The lowest BCUT2D eigenvalue weighted by Gasteiger charge is -2.39. The Balaban J connectivity index is 0.00000562. The number of likely N-dealkylation sites (N-methyl/N-ethyl adjacent to an activating group) is 1. The van der Waals surface area contributed by atoms with Gasteiger partial charge in [0, 0.05) is 49.3 Å². The minimum absolute atomic E-state index is 0. The first-order valence-electron chi connectivity index (χ1n) is 16.7. The average Bonchev–Trinajstić information content (AvgIpc) is 3.49. The van der Waals surface area contributed by atoms with Gasteiger partial charge in [-0.15, -0.1) is 0 Å². The summed E-state index contributed by atoms with van der Waals surface area (Å²) in [6.45, 7) is 12.4. The van der Waals surface area contributed by atoms with E-state index in [0.717, 1.165) is 16.7 Å². The number of rotatable bonds is 9. The van der Waals surface area contributed by atoms with Crippen molar-refractivity contribution in [2.75, 3.05) is 46.4 Å². The van der Waals surface area contributed by atoms with Gasteiger partial charge in [-0.2, -0.15) is 5.26 Å². The molecule has 9 nitrogen and oxygen atoms in total. The Kier molecular flexibility index (Phi) is 12.6. The van der Waals surface area contributed by atoms with Gasteiger partial charge in [-0.3, -0.25) is 19.6 Å². The van der Waals surface area contributed by atoms with E-state index >= 15 is 0 Å². The van der Waals surface area contributed by atoms with Crippen LogP contribution in [0.3, 0.4) is 0 Å². The van der Waals surface area contributed by atoms with Gasteiger partial charge in [0.05, 0.1) is 36.2 Å². The number of nitriles is 1. The fourth-order valence-electron chi connectivity index (χ4n) is 6.13. The van der Waals surface area contributed by atoms with Gasteiger partial charge in [0.25, 0.3) is 0 Å². The van der Waals surface area contributed by atoms with Crippen LogP contribution in [-0.2, 0) is 10.2 Å². The third-order valence-corrected chi connectivity index (χ3v) is 9.89. The topological polar surface area (TPSA) is 92.5 Å². The quantitative estimate of drug-likeness (QED) is 0.224. The number of amides is 3. The average molecular weight is 720 g/mol. The molecule has 2 heterocycles. The molecule has 3 aromatic rings. The van der Waals surface area contributed by atoms with E-state index in [1.165, 1.54) is 0 Å². The van der Waals surface area contributed by atoms with E-state index in [1.54, 1.807) is 9.80 Å². The van der Waals surface area contributed by atoms with Crippen molar-refractivity contribution in [2.24, 2.45) is 4.99 Å². The Morgan fingerprint density at radius 1 is 0.980 bits per heavy atom. The Morgan fingerprint density at radius 2 is 1.56 bits per heavy atom. The summed E-state index contributed by atoms with van der Waals surface area (Å²) in [6, 6.07) is 22.1. The minimum Gasteiger partial charge on any atom is -0.493 e. The van der Waals surface area contributed by atoms with E-state index in [1.807, 2.05) is 113 Å². The zero-order chi connectivity index (χ0) is 35.5. The lowest BCUT2D eigenvalue weighted by atomic mass is 9.85. The summed E-state index contributed by atoms with van der Waals surface area (Å²) in [6.07, 6.45) is 0. The highest BCUT2D eigenvalue weighted by atomic mass is 35.5. The van der Waals surface area contributed by atoms with Gasteiger partial charge >= 0.3 is 6.03 Å². The molecule has 0 aliphatic carbocycles. The first-order chi connectivity index (χ1) is 23.3. The summed E-state index contributed by atoms with van der Waals surface area (Å²) >= 11 is 12.6. The van der Waals surface area contributed by atoms with Crippen LogP contribution in [0.2, 0.25) is 10.0 Å². The van der Waals surface area contributed by atoms with Gasteiger partial charge in [0.2, 0.25) is 5.91 Å². The van der Waals surface area contributed by atoms with Crippen molar-refractivity contribution in [3.05, 3.63) is 99.0 Å². The van der Waals surface area contributed by atoms with E-state index in [9.17, 15) is 14.9 Å². The molecule has 50 heavy (non-hydrogen) atoms. The Morgan fingerprint density at radius 3 is 2.10 bits per heavy atom. The molecule has 1 saturated heterocycles. The van der Waals surface area contributed by atoms with Crippen LogP contribution in [-0.4, -0.2) is 89.8 Å². The van der Waals surface area contributed by atoms with Crippen LogP contribution >= 0.6 is 23.2 Å². The van der Waals surface area contributed by atoms with Gasteiger partial charge in [-0.25, -0.2) is 4.79 Å². The highest BCUT2D eigenvalue weighted by molar-refractivity contribution is 6.30. The number of aliphatic imine (C=N–C) groups is 1. The largest absolute Gasteiger partial charge is 0.493 e. The van der Waals surface area contributed by atoms with E-state index in [-0.39, 0.29) is 25.4 Å². The molecule has 0 unspecified atom stereocenters. The summed E-state index contributed by atoms with van der Waals surface area (Å²) in [5.74, 6) is 1.08. The summed E-state index contributed by atoms with van der Waals surface area (Å²) in [4.78, 5) is 40.5. The van der Waals surface area contributed by atoms with Crippen molar-refractivity contribution in [3.8, 4) is 11.8 Å². The molecular formula is C39H48Cl2N6O3. The lowest BCUT2D eigenvalue weighted by Crippen LogP contribution is -2.55. The molecule has 0 spiro atoms. The zero-order valence-electron chi connectivity index (χ0n) is 29.0. The zero-order valence-corrected chi connectivity index (χ0v) is 30.5. The van der Waals surface area contributed by atoms with E-state index < -0.39 is 17.5 Å². The fraction of sp³-hybridized carbons (Fsp3) is 0.436. The van der Waals surface area contributed by atoms with Crippen LogP contribution in [0, 0.1) is 11.3 Å². The molecule has 1 fully saturated rings. The molecule has 266 valence electrons. The maximum atomic E-state index is 14.9. The molecule has 0 saturated carbocycles. The number of carbonyl (C=O) groups is 2. The number of hydrogen-bond acceptors (Lipinski definition) is 6. The van der Waals surface area contributed by atoms with Gasteiger partial charge in [-0.05, 0) is 87.7 Å². The number of nitrogens with zero attached hydrogens (tertiary/aromatic N) is 6. The van der Waals surface area contributed by atoms with Gasteiger partial charge < -0.3 is 14.5 Å². The maximum absolute atomic E-state index is 14.9. The lowest BCUT2D eigenvalue weighted by molar-refractivity contribution is -0.132. The normalized spacial score (nSPS) is 18.0. The maximum Gasteiger partial charge on any atom is 0.326 e. The van der Waals surface area contributed by atoms with Gasteiger partial charge in [0.15, 0.2) is 0 Å². The fourth-order valence-corrected chi connectivity index (χ4v) is 6.38. The van der Waals surface area contributed by atoms with Crippen LogP contribution in [0.5, 0.6) is 5.75 Å². The second-order valence-electron chi connectivity index (χ2n) is 13.3. The summed E-state index contributed by atoms with van der Waals surface area (Å²) in [7, 11) is 1.82. The van der Waals surface area contributed by atoms with Crippen molar-refractivity contribution in [3.63, 3.8) is 0 Å². The summed E-state index contributed by atoms with van der Waals surface area (Å²) in [5.41, 5.74) is 2.48. The molecule has 3 amide bonds. The Bertz CT molecular complexity index is 1730. The number of halogens is 2. The predicted octanol–water partition coefficient (Wildman–Crippen LogP) is 7.98. The molecule has 3 aromatic carbocycles. The van der Waals surface area contributed by atoms with Crippen molar-refractivity contribution in [1.82, 2.24) is 19.6 Å². The smallest absolute Gasteiger partial charge is 0.326 e. The van der Waals surface area contributed by atoms with E-state index in [0.29, 0.717) is 66.5 Å².